The summed E-state index contributed by atoms with van der Waals surface area (Å²) >= 11 is 0. The Kier molecular flexibility index (Phi) is 3.49. The summed E-state index contributed by atoms with van der Waals surface area (Å²) in [5.74, 6) is 12.3. The number of nitrogen functional groups attached to an aromatic ring is 1. The largest absolute Gasteiger partial charge is 0.360 e. The standard InChI is InChI=1S/C15H19N7O/c1-22(19)6-4-20(5-7-22)10-2-3-13-11(8-10)14(23)12(9-16)15(17)21(13)18/h2-3,8H,4-7,18-19H2,1H3,(H-,17,23)/p+2. The molecule has 23 heavy (non-hydrogen) atoms. The topological polar surface area (TPSA) is 129 Å². The molecule has 1 aromatic carbocycles. The molecule has 1 aliphatic heterocycles. The van der Waals surface area contributed by atoms with E-state index in [4.69, 9.17) is 11.7 Å². The van der Waals surface area contributed by atoms with Gasteiger partial charge in [-0.1, -0.05) is 0 Å². The highest BCUT2D eigenvalue weighted by atomic mass is 16.1. The van der Waals surface area contributed by atoms with Crippen molar-refractivity contribution in [2.45, 2.75) is 0 Å². The zero-order valence-corrected chi connectivity index (χ0v) is 13.1. The van der Waals surface area contributed by atoms with E-state index in [2.05, 4.69) is 10.6 Å². The van der Waals surface area contributed by atoms with Crippen molar-refractivity contribution in [1.82, 2.24) is 4.68 Å². The maximum atomic E-state index is 12.5. The number of nitrogens with two attached hydrogens (primary N) is 2. The predicted molar refractivity (Wildman–Crippen MR) is 87.9 cm³/mol. The maximum absolute atomic E-state index is 12.5. The summed E-state index contributed by atoms with van der Waals surface area (Å²) in [7, 11) is 2.00. The van der Waals surface area contributed by atoms with Crippen molar-refractivity contribution < 1.29 is 10.3 Å². The number of quaternary nitrogens is 2. The van der Waals surface area contributed by atoms with E-state index >= 15 is 0 Å². The molecule has 0 unspecified atom stereocenters. The number of aromatic nitrogens is 1. The van der Waals surface area contributed by atoms with Crippen LogP contribution in [0.4, 0.5) is 11.5 Å². The zero-order chi connectivity index (χ0) is 16.8. The Labute approximate surface area is 133 Å². The van der Waals surface area contributed by atoms with Crippen LogP contribution in [0.1, 0.15) is 5.56 Å². The van der Waals surface area contributed by atoms with Crippen LogP contribution in [0.25, 0.3) is 10.9 Å². The first-order valence-electron chi connectivity index (χ1n) is 7.42. The first-order chi connectivity index (χ1) is 10.8. The van der Waals surface area contributed by atoms with Crippen LogP contribution in [-0.4, -0.2) is 42.5 Å². The summed E-state index contributed by atoms with van der Waals surface area (Å²) in [4.78, 5) is 14.7. The van der Waals surface area contributed by atoms with Crippen molar-refractivity contribution in [3.8, 4) is 6.07 Å². The lowest BCUT2D eigenvalue weighted by Gasteiger charge is -2.38. The molecule has 1 aromatic heterocycles. The summed E-state index contributed by atoms with van der Waals surface area (Å²) in [6, 6.07) is 7.43. The van der Waals surface area contributed by atoms with E-state index in [0.29, 0.717) is 15.5 Å². The number of anilines is 1. The third-order valence-electron chi connectivity index (χ3n) is 4.53. The minimum Gasteiger partial charge on any atom is -0.360 e. The lowest BCUT2D eigenvalue weighted by Crippen LogP contribution is -2.61. The molecule has 0 spiro atoms. The number of nitrogens with zero attached hydrogens (tertiary/aromatic N) is 4. The Hall–Kier alpha value is -2.60. The molecule has 0 atom stereocenters. The van der Waals surface area contributed by atoms with Gasteiger partial charge in [0.2, 0.25) is 11.2 Å². The number of rotatable bonds is 1. The molecule has 8 nitrogen and oxygen atoms in total. The van der Waals surface area contributed by atoms with E-state index in [1.165, 1.54) is 4.68 Å². The van der Waals surface area contributed by atoms with E-state index in [1.807, 2.05) is 19.2 Å². The molecule has 2 heterocycles. The maximum Gasteiger partial charge on any atom is 0.244 e. The molecular weight excluding hydrogens is 294 g/mol. The van der Waals surface area contributed by atoms with Crippen molar-refractivity contribution in [1.29, 1.82) is 5.26 Å². The van der Waals surface area contributed by atoms with Gasteiger partial charge < -0.3 is 16.5 Å². The van der Waals surface area contributed by atoms with Gasteiger partial charge in [-0.2, -0.15) is 11.1 Å². The molecule has 1 fully saturated rings. The number of nitriles is 1. The van der Waals surface area contributed by atoms with Gasteiger partial charge in [-0.15, -0.1) is 0 Å². The molecule has 120 valence electrons. The highest BCUT2D eigenvalue weighted by Crippen LogP contribution is 2.23. The van der Waals surface area contributed by atoms with Crippen LogP contribution in [0.3, 0.4) is 0 Å². The van der Waals surface area contributed by atoms with Crippen LogP contribution < -0.4 is 27.7 Å². The number of benzene rings is 1. The zero-order valence-electron chi connectivity index (χ0n) is 13.1. The van der Waals surface area contributed by atoms with Crippen molar-refractivity contribution in [3.05, 3.63) is 34.0 Å². The van der Waals surface area contributed by atoms with Gasteiger partial charge >= 0.3 is 0 Å². The van der Waals surface area contributed by atoms with E-state index in [-0.39, 0.29) is 16.8 Å². The predicted octanol–water partition coefficient (Wildman–Crippen LogP) is -1.40. The van der Waals surface area contributed by atoms with Gasteiger partial charge in [0.15, 0.2) is 5.56 Å². The molecule has 0 saturated carbocycles. The normalized spacial score (nSPS) is 17.2. The average molecular weight is 315 g/mol. The SMILES string of the molecule is C[N+]1(N)CCN(c2ccc3c(c2)c(=O)c(C#N)c([NH3+])n3N)CC1. The molecule has 1 saturated heterocycles. The summed E-state index contributed by atoms with van der Waals surface area (Å²) < 4.78 is 1.80. The van der Waals surface area contributed by atoms with Gasteiger partial charge in [-0.05, 0) is 18.2 Å². The van der Waals surface area contributed by atoms with Gasteiger partial charge in [0.25, 0.3) is 0 Å². The first kappa shape index (κ1) is 15.3. The number of piperazine rings is 1. The fourth-order valence-electron chi connectivity index (χ4n) is 2.94. The van der Waals surface area contributed by atoms with Crippen LogP contribution in [-0.2, 0) is 0 Å². The molecule has 0 aliphatic carbocycles. The van der Waals surface area contributed by atoms with E-state index in [1.54, 1.807) is 12.1 Å². The van der Waals surface area contributed by atoms with Crippen LogP contribution in [0.5, 0.6) is 0 Å². The van der Waals surface area contributed by atoms with Crippen LogP contribution in [0.15, 0.2) is 23.0 Å². The van der Waals surface area contributed by atoms with Crippen molar-refractivity contribution in [3.63, 3.8) is 0 Å². The number of pyridine rings is 1. The quantitative estimate of drug-likeness (QED) is 0.440. The molecular formula is C15H21N7O+2. The van der Waals surface area contributed by atoms with Gasteiger partial charge in [0, 0.05) is 5.69 Å². The van der Waals surface area contributed by atoms with Crippen LogP contribution >= 0.6 is 0 Å². The second-order valence-electron chi connectivity index (χ2n) is 6.25. The summed E-state index contributed by atoms with van der Waals surface area (Å²) in [6.07, 6.45) is 0. The Bertz CT molecular complexity index is 868. The van der Waals surface area contributed by atoms with Gasteiger partial charge in [-0.3, -0.25) is 4.79 Å². The number of hydrogen-bond acceptors (Lipinski definition) is 5. The third kappa shape index (κ3) is 2.51. The molecule has 2 aromatic rings. The number of likely N-dealkylation sites (N-methyl/N-ethyl adjacent to an activating group) is 1. The van der Waals surface area contributed by atoms with Gasteiger partial charge in [-0.25, -0.2) is 9.27 Å². The smallest absolute Gasteiger partial charge is 0.244 e. The van der Waals surface area contributed by atoms with Crippen molar-refractivity contribution in [2.24, 2.45) is 5.84 Å². The van der Waals surface area contributed by atoms with Gasteiger partial charge in [0.05, 0.1) is 31.0 Å². The molecule has 1 aliphatic rings. The Morgan fingerprint density at radius 3 is 2.61 bits per heavy atom. The second kappa shape index (κ2) is 5.24. The van der Waals surface area contributed by atoms with Crippen LogP contribution in [0, 0.1) is 11.3 Å². The van der Waals surface area contributed by atoms with E-state index in [0.717, 1.165) is 31.9 Å². The van der Waals surface area contributed by atoms with E-state index in [9.17, 15) is 10.1 Å². The lowest BCUT2D eigenvalue weighted by atomic mass is 10.1. The summed E-state index contributed by atoms with van der Waals surface area (Å²) in [5.41, 5.74) is 4.89. The lowest BCUT2D eigenvalue weighted by molar-refractivity contribution is -0.921. The number of fused-ring (bicyclic) bond motifs is 1. The summed E-state index contributed by atoms with van der Waals surface area (Å²) in [5, 5.41) is 9.61. The molecule has 0 amide bonds. The minimum absolute atomic E-state index is 0.0120. The molecule has 8 heteroatoms. The fraction of sp³-hybridized carbons (Fsp3) is 0.333. The van der Waals surface area contributed by atoms with Crippen molar-refractivity contribution >= 4 is 22.4 Å². The monoisotopic (exact) mass is 315 g/mol. The Morgan fingerprint density at radius 1 is 1.35 bits per heavy atom. The first-order valence-corrected chi connectivity index (χ1v) is 7.42. The molecule has 3 rings (SSSR count). The highest BCUT2D eigenvalue weighted by molar-refractivity contribution is 5.86. The highest BCUT2D eigenvalue weighted by Gasteiger charge is 2.26. The van der Waals surface area contributed by atoms with Crippen molar-refractivity contribution in [2.75, 3.05) is 44.0 Å². The second-order valence-corrected chi connectivity index (χ2v) is 6.25. The third-order valence-corrected chi connectivity index (χ3v) is 4.53. The average Bonchev–Trinajstić information content (AvgIpc) is 2.53. The Balaban J connectivity index is 2.10. The number of hydrogen-bond donors (Lipinski definition) is 3. The van der Waals surface area contributed by atoms with Gasteiger partial charge in [0.1, 0.15) is 19.2 Å². The fourth-order valence-corrected chi connectivity index (χ4v) is 2.94. The van der Waals surface area contributed by atoms with Crippen LogP contribution in [0.2, 0.25) is 0 Å². The van der Waals surface area contributed by atoms with E-state index < -0.39 is 0 Å². The molecule has 0 radical (unpaired) electrons. The minimum atomic E-state index is -0.326. The Morgan fingerprint density at radius 2 is 2.00 bits per heavy atom. The summed E-state index contributed by atoms with van der Waals surface area (Å²) in [6.45, 7) is 3.29. The molecule has 0 bridgehead atoms. The molecule has 7 N–H and O–H groups in total.